The van der Waals surface area contributed by atoms with Crippen molar-refractivity contribution in [3.8, 4) is 5.75 Å². The van der Waals surface area contributed by atoms with E-state index in [0.717, 1.165) is 56.5 Å². The molecule has 0 spiro atoms. The second kappa shape index (κ2) is 8.22. The first-order valence-electron chi connectivity index (χ1n) is 10.6. The Balaban J connectivity index is 1.72. The minimum atomic E-state index is -0.590. The number of quaternary nitrogens is 1. The van der Waals surface area contributed by atoms with E-state index in [0.29, 0.717) is 6.61 Å². The van der Waals surface area contributed by atoms with Crippen LogP contribution in [0.2, 0.25) is 0 Å². The molecule has 4 heteroatoms. The number of hydrogen-bond donors (Lipinski definition) is 2. The molecule has 1 heterocycles. The average Bonchev–Trinajstić information content (AvgIpc) is 2.69. The van der Waals surface area contributed by atoms with E-state index >= 15 is 0 Å². The van der Waals surface area contributed by atoms with Crippen molar-refractivity contribution in [3.63, 3.8) is 0 Å². The second-order valence-electron chi connectivity index (χ2n) is 8.37. The molecule has 4 atom stereocenters. The number of aliphatic hydroxyl groups is 1. The van der Waals surface area contributed by atoms with Gasteiger partial charge in [0.25, 0.3) is 0 Å². The Morgan fingerprint density at radius 3 is 2.82 bits per heavy atom. The molecule has 28 heavy (non-hydrogen) atoms. The molecule has 4 rings (SSSR count). The molecule has 2 N–H and O–H groups in total. The fourth-order valence-electron chi connectivity index (χ4n) is 5.42. The number of ether oxygens (including phenoxy) is 1. The highest BCUT2D eigenvalue weighted by molar-refractivity contribution is 5.36. The van der Waals surface area contributed by atoms with Gasteiger partial charge >= 0.3 is 0 Å². The smallest absolute Gasteiger partial charge is 0.128 e. The molecule has 1 saturated carbocycles. The zero-order valence-electron chi connectivity index (χ0n) is 16.7. The summed E-state index contributed by atoms with van der Waals surface area (Å²) >= 11 is 0. The van der Waals surface area contributed by atoms with Gasteiger partial charge in [-0.25, -0.2) is 4.39 Å². The number of fused-ring (bicyclic) bond motifs is 1. The lowest BCUT2D eigenvalue weighted by atomic mass is 9.66. The van der Waals surface area contributed by atoms with Gasteiger partial charge in [-0.3, -0.25) is 0 Å². The number of benzene rings is 2. The van der Waals surface area contributed by atoms with Gasteiger partial charge in [0.15, 0.2) is 0 Å². The van der Waals surface area contributed by atoms with E-state index in [-0.39, 0.29) is 17.8 Å². The molecule has 2 aromatic carbocycles. The van der Waals surface area contributed by atoms with Crippen LogP contribution >= 0.6 is 0 Å². The zero-order valence-corrected chi connectivity index (χ0v) is 16.7. The predicted octanol–water partition coefficient (Wildman–Crippen LogP) is 3.68. The van der Waals surface area contributed by atoms with Crippen molar-refractivity contribution in [1.82, 2.24) is 0 Å². The first-order chi connectivity index (χ1) is 13.6. The van der Waals surface area contributed by atoms with Gasteiger partial charge in [-0.2, -0.15) is 0 Å². The van der Waals surface area contributed by atoms with Gasteiger partial charge in [0.2, 0.25) is 0 Å². The summed E-state index contributed by atoms with van der Waals surface area (Å²) in [5.74, 6) is 0.941. The number of nitrogens with one attached hydrogen (secondary N) is 1. The van der Waals surface area contributed by atoms with Crippen LogP contribution in [0.15, 0.2) is 48.5 Å². The second-order valence-corrected chi connectivity index (χ2v) is 8.37. The molecular formula is C24H31FNO2+. The van der Waals surface area contributed by atoms with Crippen LogP contribution in [-0.2, 0) is 6.54 Å². The van der Waals surface area contributed by atoms with Crippen LogP contribution in [0.5, 0.6) is 5.75 Å². The lowest BCUT2D eigenvalue weighted by Gasteiger charge is -2.50. The van der Waals surface area contributed by atoms with Crippen molar-refractivity contribution in [3.05, 3.63) is 65.5 Å². The topological polar surface area (TPSA) is 33.9 Å². The van der Waals surface area contributed by atoms with Gasteiger partial charge in [-0.15, -0.1) is 0 Å². The standard InChI is InChI=1S/C24H30FNO2/c1-2-28-22-12-4-3-10-20(22)23-21-11-5-6-13-24(21,27)14-15-26(23)17-18-8-7-9-19(25)16-18/h3-4,7-10,12,16,21,23,27H,2,5-6,11,13-15,17H2,1H3/p+1/t21-,23+,24+/m1/s1. The molecule has 1 unspecified atom stereocenters. The number of likely N-dealkylation sites (tertiary alicyclic amines) is 1. The molecule has 0 aromatic heterocycles. The van der Waals surface area contributed by atoms with E-state index < -0.39 is 5.60 Å². The van der Waals surface area contributed by atoms with E-state index in [1.165, 1.54) is 16.5 Å². The Kier molecular flexibility index (Phi) is 5.70. The molecule has 1 saturated heterocycles. The van der Waals surface area contributed by atoms with Crippen LogP contribution in [0.4, 0.5) is 4.39 Å². The maximum Gasteiger partial charge on any atom is 0.128 e. The number of hydrogen-bond acceptors (Lipinski definition) is 2. The van der Waals surface area contributed by atoms with Crippen molar-refractivity contribution in [2.45, 2.75) is 57.2 Å². The number of rotatable bonds is 5. The van der Waals surface area contributed by atoms with Gasteiger partial charge in [0, 0.05) is 17.9 Å². The summed E-state index contributed by atoms with van der Waals surface area (Å²) in [6.07, 6.45) is 5.00. The normalized spacial score (nSPS) is 29.9. The van der Waals surface area contributed by atoms with Gasteiger partial charge in [0.1, 0.15) is 24.2 Å². The van der Waals surface area contributed by atoms with E-state index in [2.05, 4.69) is 12.1 Å². The summed E-state index contributed by atoms with van der Waals surface area (Å²) in [6.45, 7) is 4.27. The molecule has 0 amide bonds. The maximum atomic E-state index is 13.8. The van der Waals surface area contributed by atoms with Crippen molar-refractivity contribution >= 4 is 0 Å². The summed E-state index contributed by atoms with van der Waals surface area (Å²) in [5.41, 5.74) is 1.60. The van der Waals surface area contributed by atoms with Gasteiger partial charge < -0.3 is 14.7 Å². The number of halogens is 1. The molecule has 1 aliphatic carbocycles. The summed E-state index contributed by atoms with van der Waals surface area (Å²) in [6, 6.07) is 15.3. The Morgan fingerprint density at radius 2 is 2.00 bits per heavy atom. The van der Waals surface area contributed by atoms with E-state index in [1.54, 1.807) is 12.1 Å². The van der Waals surface area contributed by atoms with Crippen LogP contribution in [0, 0.1) is 11.7 Å². The van der Waals surface area contributed by atoms with Crippen molar-refractivity contribution in [1.29, 1.82) is 0 Å². The zero-order chi connectivity index (χ0) is 19.6. The number of para-hydroxylation sites is 1. The van der Waals surface area contributed by atoms with Crippen LogP contribution in [0.25, 0.3) is 0 Å². The highest BCUT2D eigenvalue weighted by atomic mass is 19.1. The highest BCUT2D eigenvalue weighted by Crippen LogP contribution is 2.45. The third-order valence-corrected chi connectivity index (χ3v) is 6.66. The average molecular weight is 385 g/mol. The Labute approximate surface area is 167 Å². The van der Waals surface area contributed by atoms with Crippen LogP contribution in [0.3, 0.4) is 0 Å². The van der Waals surface area contributed by atoms with Crippen LogP contribution in [-0.4, -0.2) is 23.9 Å². The third kappa shape index (κ3) is 3.81. The summed E-state index contributed by atoms with van der Waals surface area (Å²) in [7, 11) is 0. The maximum absolute atomic E-state index is 13.8. The minimum Gasteiger partial charge on any atom is -0.493 e. The first-order valence-corrected chi connectivity index (χ1v) is 10.6. The SMILES string of the molecule is CCOc1ccccc1[C@H]1[C@H]2CCCC[C@]2(O)CC[NH+]1Cc1cccc(F)c1. The Hall–Kier alpha value is -1.91. The number of piperidine rings is 1. The lowest BCUT2D eigenvalue weighted by Crippen LogP contribution is -3.13. The highest BCUT2D eigenvalue weighted by Gasteiger charge is 2.52. The summed E-state index contributed by atoms with van der Waals surface area (Å²) in [4.78, 5) is 1.40. The quantitative estimate of drug-likeness (QED) is 0.825. The molecule has 2 aliphatic rings. The largest absolute Gasteiger partial charge is 0.493 e. The Bertz CT molecular complexity index is 811. The summed E-state index contributed by atoms with van der Waals surface area (Å²) < 4.78 is 19.7. The Morgan fingerprint density at radius 1 is 1.14 bits per heavy atom. The molecule has 0 bridgehead atoms. The van der Waals surface area contributed by atoms with E-state index in [1.807, 2.05) is 25.1 Å². The molecule has 2 fully saturated rings. The molecular weight excluding hydrogens is 353 g/mol. The molecule has 0 radical (unpaired) electrons. The fraction of sp³-hybridized carbons (Fsp3) is 0.500. The first kappa shape index (κ1) is 19.4. The lowest BCUT2D eigenvalue weighted by molar-refractivity contribution is -0.958. The van der Waals surface area contributed by atoms with Crippen molar-refractivity contribution < 1.29 is 19.1 Å². The van der Waals surface area contributed by atoms with Crippen LogP contribution < -0.4 is 9.64 Å². The fourth-order valence-corrected chi connectivity index (χ4v) is 5.42. The van der Waals surface area contributed by atoms with Crippen LogP contribution in [0.1, 0.15) is 56.2 Å². The van der Waals surface area contributed by atoms with Crippen molar-refractivity contribution in [2.75, 3.05) is 13.2 Å². The molecule has 2 aromatic rings. The van der Waals surface area contributed by atoms with Gasteiger partial charge in [-0.05, 0) is 44.0 Å². The predicted molar refractivity (Wildman–Crippen MR) is 108 cm³/mol. The minimum absolute atomic E-state index is 0.157. The molecule has 1 aliphatic heterocycles. The van der Waals surface area contributed by atoms with Crippen molar-refractivity contribution in [2.24, 2.45) is 5.92 Å². The van der Waals surface area contributed by atoms with Gasteiger partial charge in [0.05, 0.1) is 24.3 Å². The molecule has 3 nitrogen and oxygen atoms in total. The van der Waals surface area contributed by atoms with E-state index in [4.69, 9.17) is 4.74 Å². The van der Waals surface area contributed by atoms with E-state index in [9.17, 15) is 9.50 Å². The third-order valence-electron chi connectivity index (χ3n) is 6.66. The molecule has 150 valence electrons. The van der Waals surface area contributed by atoms with Gasteiger partial charge in [-0.1, -0.05) is 37.1 Å². The summed E-state index contributed by atoms with van der Waals surface area (Å²) in [5, 5.41) is 11.5. The monoisotopic (exact) mass is 384 g/mol.